The summed E-state index contributed by atoms with van der Waals surface area (Å²) in [5.41, 5.74) is 15.8. The van der Waals surface area contributed by atoms with Gasteiger partial charge in [0.15, 0.2) is 5.96 Å². The molecule has 0 radical (unpaired) electrons. The summed E-state index contributed by atoms with van der Waals surface area (Å²) >= 11 is 0. The predicted octanol–water partition coefficient (Wildman–Crippen LogP) is -0.874. The Labute approximate surface area is 89.3 Å². The molecule has 0 bridgehead atoms. The third-order valence-electron chi connectivity index (χ3n) is 2.60. The van der Waals surface area contributed by atoms with Crippen molar-refractivity contribution in [3.8, 4) is 0 Å². The molecule has 1 aliphatic rings. The second kappa shape index (κ2) is 5.55. The van der Waals surface area contributed by atoms with Crippen LogP contribution in [0.1, 0.15) is 25.7 Å². The number of hydrogen-bond acceptors (Lipinski definition) is 2. The minimum Gasteiger partial charge on any atom is -0.393 e. The summed E-state index contributed by atoms with van der Waals surface area (Å²) in [4.78, 5) is 7.63. The van der Waals surface area contributed by atoms with Crippen molar-refractivity contribution in [2.45, 2.75) is 31.8 Å². The Kier molecular flexibility index (Phi) is 4.36. The number of aliphatic hydroxyl groups excluding tert-OH is 1. The van der Waals surface area contributed by atoms with E-state index in [1.165, 1.54) is 0 Å². The van der Waals surface area contributed by atoms with Crippen molar-refractivity contribution in [3.63, 3.8) is 0 Å². The molecule has 1 aliphatic carbocycles. The SMILES string of the molecule is NC(N)=NC(N)=NCC1CCCCC1O. The molecule has 0 heterocycles. The lowest BCUT2D eigenvalue weighted by molar-refractivity contribution is 0.0745. The molecular formula is C9H19N5O. The third kappa shape index (κ3) is 4.16. The number of aliphatic imine (C=N–C) groups is 2. The Morgan fingerprint density at radius 1 is 1.20 bits per heavy atom. The van der Waals surface area contributed by atoms with E-state index in [2.05, 4.69) is 9.98 Å². The van der Waals surface area contributed by atoms with Gasteiger partial charge < -0.3 is 22.3 Å². The van der Waals surface area contributed by atoms with Crippen LogP contribution in [0, 0.1) is 5.92 Å². The molecule has 0 aromatic rings. The second-order valence-corrected chi connectivity index (χ2v) is 3.85. The molecule has 0 spiro atoms. The minimum absolute atomic E-state index is 0.0766. The molecule has 1 saturated carbocycles. The van der Waals surface area contributed by atoms with Crippen molar-refractivity contribution in [3.05, 3.63) is 0 Å². The number of guanidine groups is 2. The van der Waals surface area contributed by atoms with Crippen molar-refractivity contribution >= 4 is 11.9 Å². The van der Waals surface area contributed by atoms with E-state index >= 15 is 0 Å². The van der Waals surface area contributed by atoms with Crippen LogP contribution in [0.25, 0.3) is 0 Å². The zero-order valence-corrected chi connectivity index (χ0v) is 8.76. The summed E-state index contributed by atoms with van der Waals surface area (Å²) in [6.45, 7) is 0.490. The molecule has 0 saturated heterocycles. The average Bonchev–Trinajstić information content (AvgIpc) is 2.15. The summed E-state index contributed by atoms with van der Waals surface area (Å²) in [6, 6.07) is 0. The molecule has 6 heteroatoms. The van der Waals surface area contributed by atoms with Gasteiger partial charge in [-0.25, -0.2) is 0 Å². The van der Waals surface area contributed by atoms with Gasteiger partial charge in [-0.1, -0.05) is 12.8 Å². The quantitative estimate of drug-likeness (QED) is 0.351. The Bertz CT molecular complexity index is 259. The maximum atomic E-state index is 9.67. The lowest BCUT2D eigenvalue weighted by Gasteiger charge is -2.25. The maximum Gasteiger partial charge on any atom is 0.218 e. The fourth-order valence-corrected chi connectivity index (χ4v) is 1.78. The van der Waals surface area contributed by atoms with Crippen LogP contribution < -0.4 is 17.2 Å². The van der Waals surface area contributed by atoms with Crippen molar-refractivity contribution in [1.29, 1.82) is 0 Å². The zero-order chi connectivity index (χ0) is 11.3. The van der Waals surface area contributed by atoms with Crippen LogP contribution >= 0.6 is 0 Å². The van der Waals surface area contributed by atoms with Crippen LogP contribution in [0.15, 0.2) is 9.98 Å². The molecule has 2 unspecified atom stereocenters. The molecular weight excluding hydrogens is 194 g/mol. The van der Waals surface area contributed by atoms with Gasteiger partial charge in [0.25, 0.3) is 0 Å². The van der Waals surface area contributed by atoms with Gasteiger partial charge in [0.1, 0.15) is 0 Å². The smallest absolute Gasteiger partial charge is 0.218 e. The molecule has 0 aliphatic heterocycles. The third-order valence-corrected chi connectivity index (χ3v) is 2.60. The molecule has 86 valence electrons. The summed E-state index contributed by atoms with van der Waals surface area (Å²) < 4.78 is 0. The van der Waals surface area contributed by atoms with E-state index in [0.29, 0.717) is 6.54 Å². The molecule has 1 rings (SSSR count). The Hall–Kier alpha value is -1.30. The van der Waals surface area contributed by atoms with E-state index in [1.54, 1.807) is 0 Å². The highest BCUT2D eigenvalue weighted by atomic mass is 16.3. The largest absolute Gasteiger partial charge is 0.393 e. The van der Waals surface area contributed by atoms with Crippen molar-refractivity contribution < 1.29 is 5.11 Å². The highest BCUT2D eigenvalue weighted by Gasteiger charge is 2.22. The highest BCUT2D eigenvalue weighted by molar-refractivity contribution is 5.92. The van der Waals surface area contributed by atoms with Crippen LogP contribution in [0.3, 0.4) is 0 Å². The molecule has 0 amide bonds. The second-order valence-electron chi connectivity index (χ2n) is 3.85. The van der Waals surface area contributed by atoms with Crippen molar-refractivity contribution in [1.82, 2.24) is 0 Å². The molecule has 15 heavy (non-hydrogen) atoms. The molecule has 0 aromatic heterocycles. The van der Waals surface area contributed by atoms with E-state index in [-0.39, 0.29) is 23.9 Å². The van der Waals surface area contributed by atoms with E-state index in [4.69, 9.17) is 17.2 Å². The van der Waals surface area contributed by atoms with Crippen LogP contribution in [-0.4, -0.2) is 29.7 Å². The van der Waals surface area contributed by atoms with Gasteiger partial charge in [-0.2, -0.15) is 4.99 Å². The first-order valence-corrected chi connectivity index (χ1v) is 5.17. The molecule has 7 N–H and O–H groups in total. The van der Waals surface area contributed by atoms with Crippen LogP contribution in [-0.2, 0) is 0 Å². The monoisotopic (exact) mass is 213 g/mol. The fourth-order valence-electron chi connectivity index (χ4n) is 1.78. The number of nitrogens with two attached hydrogens (primary N) is 3. The summed E-state index contributed by atoms with van der Waals surface area (Å²) in [5.74, 6) is 0.166. The summed E-state index contributed by atoms with van der Waals surface area (Å²) in [6.07, 6.45) is 3.79. The summed E-state index contributed by atoms with van der Waals surface area (Å²) in [5, 5.41) is 9.67. The van der Waals surface area contributed by atoms with Gasteiger partial charge in [0.05, 0.1) is 6.10 Å². The lowest BCUT2D eigenvalue weighted by Crippen LogP contribution is -2.29. The fraction of sp³-hybridized carbons (Fsp3) is 0.778. The zero-order valence-electron chi connectivity index (χ0n) is 8.76. The first kappa shape index (κ1) is 11.8. The van der Waals surface area contributed by atoms with E-state index in [1.807, 2.05) is 0 Å². The van der Waals surface area contributed by atoms with Gasteiger partial charge in [0, 0.05) is 12.5 Å². The topological polar surface area (TPSA) is 123 Å². The van der Waals surface area contributed by atoms with E-state index in [0.717, 1.165) is 25.7 Å². The predicted molar refractivity (Wildman–Crippen MR) is 60.3 cm³/mol. The summed E-state index contributed by atoms with van der Waals surface area (Å²) in [7, 11) is 0. The van der Waals surface area contributed by atoms with Gasteiger partial charge >= 0.3 is 0 Å². The number of rotatable bonds is 2. The van der Waals surface area contributed by atoms with Gasteiger partial charge in [-0.3, -0.25) is 4.99 Å². The van der Waals surface area contributed by atoms with Crippen LogP contribution in [0.2, 0.25) is 0 Å². The lowest BCUT2D eigenvalue weighted by atomic mass is 9.87. The van der Waals surface area contributed by atoms with Crippen LogP contribution in [0.5, 0.6) is 0 Å². The number of hydrogen-bond donors (Lipinski definition) is 4. The van der Waals surface area contributed by atoms with Crippen molar-refractivity contribution in [2.24, 2.45) is 33.1 Å². The van der Waals surface area contributed by atoms with Gasteiger partial charge in [-0.05, 0) is 12.8 Å². The highest BCUT2D eigenvalue weighted by Crippen LogP contribution is 2.24. The Balaban J connectivity index is 2.44. The molecule has 0 aromatic carbocycles. The molecule has 6 nitrogen and oxygen atoms in total. The molecule has 2 atom stereocenters. The number of aliphatic hydroxyl groups is 1. The Morgan fingerprint density at radius 2 is 1.87 bits per heavy atom. The van der Waals surface area contributed by atoms with Gasteiger partial charge in [-0.15, -0.1) is 0 Å². The Morgan fingerprint density at radius 3 is 2.47 bits per heavy atom. The standard InChI is InChI=1S/C9H19N5O/c10-8(11)14-9(12)13-5-6-3-1-2-4-7(6)15/h6-7,15H,1-5H2,(H6,10,11,12,13,14). The number of nitrogens with zero attached hydrogens (tertiary/aromatic N) is 2. The first-order valence-electron chi connectivity index (χ1n) is 5.17. The maximum absolute atomic E-state index is 9.67. The normalized spacial score (nSPS) is 27.4. The van der Waals surface area contributed by atoms with Crippen LogP contribution in [0.4, 0.5) is 0 Å². The van der Waals surface area contributed by atoms with E-state index in [9.17, 15) is 5.11 Å². The first-order chi connectivity index (χ1) is 7.09. The van der Waals surface area contributed by atoms with Gasteiger partial charge in [0.2, 0.25) is 5.96 Å². The van der Waals surface area contributed by atoms with E-state index < -0.39 is 0 Å². The molecule has 1 fully saturated rings. The minimum atomic E-state index is -0.269. The average molecular weight is 213 g/mol. The van der Waals surface area contributed by atoms with Crippen molar-refractivity contribution in [2.75, 3.05) is 6.54 Å².